The van der Waals surface area contributed by atoms with E-state index in [9.17, 15) is 0 Å². The second-order valence-electron chi connectivity index (χ2n) is 4.66. The van der Waals surface area contributed by atoms with Crippen LogP contribution in [-0.4, -0.2) is 19.8 Å². The summed E-state index contributed by atoms with van der Waals surface area (Å²) in [5.41, 5.74) is 8.71. The maximum Gasteiger partial charge on any atom is 0.127 e. The number of hydrogen-bond donors (Lipinski definition) is 1. The lowest BCUT2D eigenvalue weighted by molar-refractivity contribution is 0.0514. The Labute approximate surface area is 95.5 Å². The number of benzene rings is 1. The normalized spacial score (nSPS) is 22.6. The van der Waals surface area contributed by atoms with Crippen LogP contribution in [0.4, 0.5) is 0 Å². The molecular weight excluding hydrogens is 202 g/mol. The van der Waals surface area contributed by atoms with E-state index in [1.165, 1.54) is 11.1 Å². The van der Waals surface area contributed by atoms with E-state index in [1.807, 2.05) is 0 Å². The summed E-state index contributed by atoms with van der Waals surface area (Å²) in [7, 11) is 0. The molecule has 2 heterocycles. The quantitative estimate of drug-likeness (QED) is 0.780. The number of nitrogens with two attached hydrogens (primary N) is 1. The number of hydrogen-bond acceptors (Lipinski definition) is 3. The first kappa shape index (κ1) is 10.1. The van der Waals surface area contributed by atoms with E-state index < -0.39 is 0 Å². The molecule has 1 fully saturated rings. The molecule has 0 atom stereocenters. The van der Waals surface area contributed by atoms with Crippen molar-refractivity contribution in [3.63, 3.8) is 0 Å². The van der Waals surface area contributed by atoms with Gasteiger partial charge >= 0.3 is 0 Å². The summed E-state index contributed by atoms with van der Waals surface area (Å²) in [6, 6.07) is 6.33. The summed E-state index contributed by atoms with van der Waals surface area (Å²) in [6.45, 7) is 2.29. The third-order valence-electron chi connectivity index (χ3n) is 3.64. The molecule has 1 aromatic carbocycles. The van der Waals surface area contributed by atoms with E-state index in [-0.39, 0.29) is 5.54 Å². The van der Waals surface area contributed by atoms with Crippen LogP contribution in [0, 0.1) is 0 Å². The number of ether oxygens (including phenoxy) is 2. The minimum absolute atomic E-state index is 0.256. The van der Waals surface area contributed by atoms with Crippen LogP contribution >= 0.6 is 0 Å². The van der Waals surface area contributed by atoms with Gasteiger partial charge in [0.1, 0.15) is 5.75 Å². The lowest BCUT2D eigenvalue weighted by Crippen LogP contribution is -2.42. The van der Waals surface area contributed by atoms with Gasteiger partial charge in [-0.15, -0.1) is 0 Å². The van der Waals surface area contributed by atoms with Crippen molar-refractivity contribution in [2.75, 3.05) is 19.8 Å². The second-order valence-corrected chi connectivity index (χ2v) is 4.66. The number of rotatable bonds is 1. The van der Waals surface area contributed by atoms with Crippen LogP contribution in [0.15, 0.2) is 18.2 Å². The Morgan fingerprint density at radius 3 is 2.75 bits per heavy atom. The number of para-hydroxylation sites is 1. The van der Waals surface area contributed by atoms with E-state index in [1.54, 1.807) is 0 Å². The summed E-state index contributed by atoms with van der Waals surface area (Å²) in [4.78, 5) is 0. The molecule has 3 heteroatoms. The molecule has 2 aliphatic rings. The molecular formula is C13H17NO2. The molecule has 0 aliphatic carbocycles. The van der Waals surface area contributed by atoms with Crippen molar-refractivity contribution in [3.05, 3.63) is 29.3 Å². The van der Waals surface area contributed by atoms with Gasteiger partial charge in [-0.2, -0.15) is 0 Å². The average Bonchev–Trinajstić information content (AvgIpc) is 2.77. The smallest absolute Gasteiger partial charge is 0.127 e. The predicted octanol–water partition coefficient (Wildman–Crippen LogP) is 1.59. The SMILES string of the molecule is NC1(c2cccc3c2OCC3)CCOCC1. The summed E-state index contributed by atoms with van der Waals surface area (Å²) < 4.78 is 11.1. The molecule has 3 nitrogen and oxygen atoms in total. The first-order valence-electron chi connectivity index (χ1n) is 5.91. The highest BCUT2D eigenvalue weighted by Gasteiger charge is 2.34. The van der Waals surface area contributed by atoms with E-state index in [0.29, 0.717) is 0 Å². The van der Waals surface area contributed by atoms with Crippen LogP contribution in [0.2, 0.25) is 0 Å². The van der Waals surface area contributed by atoms with Gasteiger partial charge in [-0.3, -0.25) is 0 Å². The second kappa shape index (κ2) is 3.75. The van der Waals surface area contributed by atoms with Gasteiger partial charge < -0.3 is 15.2 Å². The zero-order chi connectivity index (χ0) is 11.0. The summed E-state index contributed by atoms with van der Waals surface area (Å²) in [5.74, 6) is 1.03. The number of fused-ring (bicyclic) bond motifs is 1. The zero-order valence-corrected chi connectivity index (χ0v) is 9.37. The monoisotopic (exact) mass is 219 g/mol. The van der Waals surface area contributed by atoms with E-state index in [0.717, 1.165) is 44.8 Å². The third kappa shape index (κ3) is 1.51. The molecule has 3 rings (SSSR count). The Kier molecular flexibility index (Phi) is 2.37. The molecule has 16 heavy (non-hydrogen) atoms. The fraction of sp³-hybridized carbons (Fsp3) is 0.538. The van der Waals surface area contributed by atoms with Crippen LogP contribution in [0.3, 0.4) is 0 Å². The minimum Gasteiger partial charge on any atom is -0.493 e. The highest BCUT2D eigenvalue weighted by atomic mass is 16.5. The van der Waals surface area contributed by atoms with Crippen molar-refractivity contribution in [3.8, 4) is 5.75 Å². The lowest BCUT2D eigenvalue weighted by atomic mass is 9.82. The van der Waals surface area contributed by atoms with Crippen LogP contribution in [0.25, 0.3) is 0 Å². The first-order valence-corrected chi connectivity index (χ1v) is 5.91. The van der Waals surface area contributed by atoms with Crippen LogP contribution in [0.1, 0.15) is 24.0 Å². The highest BCUT2D eigenvalue weighted by molar-refractivity contribution is 5.47. The van der Waals surface area contributed by atoms with Gasteiger partial charge in [0.15, 0.2) is 0 Å². The summed E-state index contributed by atoms with van der Waals surface area (Å²) in [6.07, 6.45) is 2.77. The van der Waals surface area contributed by atoms with E-state index in [2.05, 4.69) is 18.2 Å². The van der Waals surface area contributed by atoms with Gasteiger partial charge in [0.05, 0.1) is 6.61 Å². The van der Waals surface area contributed by atoms with Crippen molar-refractivity contribution in [2.45, 2.75) is 24.8 Å². The Balaban J connectivity index is 2.02. The zero-order valence-electron chi connectivity index (χ0n) is 9.37. The predicted molar refractivity (Wildman–Crippen MR) is 61.6 cm³/mol. The first-order chi connectivity index (χ1) is 7.80. The summed E-state index contributed by atoms with van der Waals surface area (Å²) in [5, 5.41) is 0. The highest BCUT2D eigenvalue weighted by Crippen LogP contribution is 2.39. The largest absolute Gasteiger partial charge is 0.493 e. The lowest BCUT2D eigenvalue weighted by Gasteiger charge is -2.34. The fourth-order valence-electron chi connectivity index (χ4n) is 2.61. The maximum absolute atomic E-state index is 6.49. The van der Waals surface area contributed by atoms with Crippen LogP contribution < -0.4 is 10.5 Å². The molecule has 2 aliphatic heterocycles. The van der Waals surface area contributed by atoms with Crippen LogP contribution in [0.5, 0.6) is 5.75 Å². The Morgan fingerprint density at radius 1 is 1.12 bits per heavy atom. The van der Waals surface area contributed by atoms with Gasteiger partial charge in [-0.05, 0) is 18.4 Å². The van der Waals surface area contributed by atoms with E-state index in [4.69, 9.17) is 15.2 Å². The molecule has 0 saturated carbocycles. The molecule has 0 amide bonds. The van der Waals surface area contributed by atoms with Crippen molar-refractivity contribution in [1.29, 1.82) is 0 Å². The molecule has 86 valence electrons. The topological polar surface area (TPSA) is 44.5 Å². The van der Waals surface area contributed by atoms with Gasteiger partial charge in [0.25, 0.3) is 0 Å². The minimum atomic E-state index is -0.256. The average molecular weight is 219 g/mol. The molecule has 0 spiro atoms. The Morgan fingerprint density at radius 2 is 1.94 bits per heavy atom. The van der Waals surface area contributed by atoms with Crippen LogP contribution in [-0.2, 0) is 16.7 Å². The van der Waals surface area contributed by atoms with Crippen molar-refractivity contribution < 1.29 is 9.47 Å². The van der Waals surface area contributed by atoms with Gasteiger partial charge in [-0.25, -0.2) is 0 Å². The molecule has 1 saturated heterocycles. The van der Waals surface area contributed by atoms with Gasteiger partial charge in [0, 0.05) is 30.7 Å². The molecule has 1 aromatic rings. The van der Waals surface area contributed by atoms with Gasteiger partial charge in [-0.1, -0.05) is 18.2 Å². The third-order valence-corrected chi connectivity index (χ3v) is 3.64. The molecule has 0 bridgehead atoms. The van der Waals surface area contributed by atoms with E-state index >= 15 is 0 Å². The Hall–Kier alpha value is -1.06. The van der Waals surface area contributed by atoms with Gasteiger partial charge in [0.2, 0.25) is 0 Å². The Bertz CT molecular complexity index is 397. The molecule has 2 N–H and O–H groups in total. The van der Waals surface area contributed by atoms with Crippen molar-refractivity contribution >= 4 is 0 Å². The molecule has 0 unspecified atom stereocenters. The standard InChI is InChI=1S/C13H17NO2/c14-13(5-8-15-9-6-13)11-3-1-2-10-4-7-16-12(10)11/h1-3H,4-9,14H2. The molecule has 0 aromatic heterocycles. The van der Waals surface area contributed by atoms with Crippen molar-refractivity contribution in [2.24, 2.45) is 5.73 Å². The maximum atomic E-state index is 6.49. The fourth-order valence-corrected chi connectivity index (χ4v) is 2.61. The summed E-state index contributed by atoms with van der Waals surface area (Å²) >= 11 is 0. The van der Waals surface area contributed by atoms with Crippen molar-refractivity contribution in [1.82, 2.24) is 0 Å². The molecule has 0 radical (unpaired) electrons.